The van der Waals surface area contributed by atoms with Gasteiger partial charge in [-0.15, -0.1) is 0 Å². The second kappa shape index (κ2) is 5.97. The standard InChI is InChI=1S/C10H22N2O/c1-5-6-12(4)10(13)9(11)7-8(2)3/h8-9H,5-7,11H2,1-4H3/t9-/m0/s1. The lowest BCUT2D eigenvalue weighted by atomic mass is 10.0. The van der Waals surface area contributed by atoms with Crippen molar-refractivity contribution in [2.75, 3.05) is 13.6 Å². The van der Waals surface area contributed by atoms with Crippen molar-refractivity contribution in [3.05, 3.63) is 0 Å². The van der Waals surface area contributed by atoms with Gasteiger partial charge in [-0.1, -0.05) is 20.8 Å². The zero-order chi connectivity index (χ0) is 10.4. The van der Waals surface area contributed by atoms with Gasteiger partial charge in [0.1, 0.15) is 0 Å². The summed E-state index contributed by atoms with van der Waals surface area (Å²) in [5.41, 5.74) is 5.76. The van der Waals surface area contributed by atoms with Crippen LogP contribution in [0.15, 0.2) is 0 Å². The van der Waals surface area contributed by atoms with Crippen molar-refractivity contribution in [2.45, 2.75) is 39.7 Å². The van der Waals surface area contributed by atoms with E-state index in [-0.39, 0.29) is 11.9 Å². The topological polar surface area (TPSA) is 46.3 Å². The second-order valence-electron chi connectivity index (χ2n) is 4.00. The first-order valence-corrected chi connectivity index (χ1v) is 4.99. The number of nitrogens with zero attached hydrogens (tertiary/aromatic N) is 1. The van der Waals surface area contributed by atoms with Gasteiger partial charge in [0.2, 0.25) is 5.91 Å². The fourth-order valence-corrected chi connectivity index (χ4v) is 1.34. The number of hydrogen-bond acceptors (Lipinski definition) is 2. The minimum absolute atomic E-state index is 0.0653. The Labute approximate surface area is 81.3 Å². The molecule has 0 aliphatic rings. The molecule has 0 aromatic heterocycles. The monoisotopic (exact) mass is 186 g/mol. The molecular formula is C10H22N2O. The van der Waals surface area contributed by atoms with Crippen molar-refractivity contribution in [1.29, 1.82) is 0 Å². The van der Waals surface area contributed by atoms with Gasteiger partial charge in [0.05, 0.1) is 6.04 Å². The van der Waals surface area contributed by atoms with Crippen LogP contribution in [0.25, 0.3) is 0 Å². The van der Waals surface area contributed by atoms with Crippen molar-refractivity contribution in [3.63, 3.8) is 0 Å². The lowest BCUT2D eigenvalue weighted by Crippen LogP contribution is -2.42. The summed E-state index contributed by atoms with van der Waals surface area (Å²) in [6, 6.07) is -0.323. The molecule has 0 saturated carbocycles. The van der Waals surface area contributed by atoms with E-state index in [0.717, 1.165) is 19.4 Å². The predicted molar refractivity (Wildman–Crippen MR) is 55.4 cm³/mol. The largest absolute Gasteiger partial charge is 0.344 e. The Morgan fingerprint density at radius 2 is 2.00 bits per heavy atom. The highest BCUT2D eigenvalue weighted by Crippen LogP contribution is 2.05. The molecule has 0 fully saturated rings. The Morgan fingerprint density at radius 1 is 1.46 bits per heavy atom. The van der Waals surface area contributed by atoms with Crippen LogP contribution in [0.3, 0.4) is 0 Å². The van der Waals surface area contributed by atoms with E-state index in [1.165, 1.54) is 0 Å². The molecule has 0 aliphatic heterocycles. The first kappa shape index (κ1) is 12.4. The van der Waals surface area contributed by atoms with Crippen LogP contribution in [0.2, 0.25) is 0 Å². The molecule has 3 heteroatoms. The molecule has 2 N–H and O–H groups in total. The van der Waals surface area contributed by atoms with E-state index < -0.39 is 0 Å². The zero-order valence-electron chi connectivity index (χ0n) is 9.21. The third-order valence-electron chi connectivity index (χ3n) is 1.98. The van der Waals surface area contributed by atoms with Gasteiger partial charge >= 0.3 is 0 Å². The number of amides is 1. The van der Waals surface area contributed by atoms with E-state index in [4.69, 9.17) is 5.73 Å². The molecule has 0 radical (unpaired) electrons. The molecule has 0 saturated heterocycles. The molecule has 0 heterocycles. The number of rotatable bonds is 5. The Balaban J connectivity index is 3.94. The third kappa shape index (κ3) is 4.88. The normalized spacial score (nSPS) is 13.1. The van der Waals surface area contributed by atoms with Gasteiger partial charge in [0.15, 0.2) is 0 Å². The van der Waals surface area contributed by atoms with Crippen molar-refractivity contribution >= 4 is 5.91 Å². The summed E-state index contributed by atoms with van der Waals surface area (Å²) in [4.78, 5) is 13.3. The zero-order valence-corrected chi connectivity index (χ0v) is 9.21. The van der Waals surface area contributed by atoms with E-state index in [9.17, 15) is 4.79 Å². The van der Waals surface area contributed by atoms with Gasteiger partial charge < -0.3 is 10.6 Å². The van der Waals surface area contributed by atoms with Crippen LogP contribution in [0, 0.1) is 5.92 Å². The SMILES string of the molecule is CCCN(C)C(=O)[C@@H](N)CC(C)C. The quantitative estimate of drug-likeness (QED) is 0.702. The molecule has 0 unspecified atom stereocenters. The molecule has 3 nitrogen and oxygen atoms in total. The lowest BCUT2D eigenvalue weighted by molar-refractivity contribution is -0.131. The van der Waals surface area contributed by atoms with Crippen molar-refractivity contribution in [3.8, 4) is 0 Å². The van der Waals surface area contributed by atoms with Crippen LogP contribution >= 0.6 is 0 Å². The number of likely N-dealkylation sites (N-methyl/N-ethyl adjacent to an activating group) is 1. The van der Waals surface area contributed by atoms with Crippen LogP contribution in [-0.2, 0) is 4.79 Å². The average Bonchev–Trinajstić information content (AvgIpc) is 2.02. The molecule has 13 heavy (non-hydrogen) atoms. The summed E-state index contributed by atoms with van der Waals surface area (Å²) in [6.07, 6.45) is 1.75. The molecular weight excluding hydrogens is 164 g/mol. The van der Waals surface area contributed by atoms with E-state index >= 15 is 0 Å². The van der Waals surface area contributed by atoms with Gasteiger partial charge in [0.25, 0.3) is 0 Å². The van der Waals surface area contributed by atoms with E-state index in [0.29, 0.717) is 5.92 Å². The van der Waals surface area contributed by atoms with Crippen LogP contribution in [0.4, 0.5) is 0 Å². The van der Waals surface area contributed by atoms with Crippen LogP contribution in [0.1, 0.15) is 33.6 Å². The van der Waals surface area contributed by atoms with Gasteiger partial charge in [-0.25, -0.2) is 0 Å². The van der Waals surface area contributed by atoms with E-state index in [2.05, 4.69) is 20.8 Å². The summed E-state index contributed by atoms with van der Waals surface area (Å²) < 4.78 is 0. The number of carbonyl (C=O) groups excluding carboxylic acids is 1. The molecule has 78 valence electrons. The van der Waals surface area contributed by atoms with E-state index in [1.807, 2.05) is 7.05 Å². The highest BCUT2D eigenvalue weighted by Gasteiger charge is 2.17. The first-order valence-electron chi connectivity index (χ1n) is 4.99. The fraction of sp³-hybridized carbons (Fsp3) is 0.900. The number of hydrogen-bond donors (Lipinski definition) is 1. The van der Waals surface area contributed by atoms with Crippen molar-refractivity contribution in [2.24, 2.45) is 11.7 Å². The Hall–Kier alpha value is -0.570. The van der Waals surface area contributed by atoms with Crippen LogP contribution < -0.4 is 5.73 Å². The Bertz CT molecular complexity index is 157. The first-order chi connectivity index (χ1) is 5.99. The molecule has 0 aromatic rings. The minimum atomic E-state index is -0.323. The summed E-state index contributed by atoms with van der Waals surface area (Å²) in [6.45, 7) is 7.00. The molecule has 0 aromatic carbocycles. The van der Waals surface area contributed by atoms with Gasteiger partial charge in [-0.05, 0) is 18.8 Å². The molecule has 0 bridgehead atoms. The van der Waals surface area contributed by atoms with Crippen molar-refractivity contribution < 1.29 is 4.79 Å². The maximum atomic E-state index is 11.6. The predicted octanol–water partition coefficient (Wildman–Crippen LogP) is 1.23. The molecule has 1 amide bonds. The average molecular weight is 186 g/mol. The number of nitrogens with two attached hydrogens (primary N) is 1. The third-order valence-corrected chi connectivity index (χ3v) is 1.98. The summed E-state index contributed by atoms with van der Waals surface area (Å²) in [5.74, 6) is 0.546. The van der Waals surface area contributed by atoms with Crippen LogP contribution in [0.5, 0.6) is 0 Å². The number of carbonyl (C=O) groups is 1. The highest BCUT2D eigenvalue weighted by atomic mass is 16.2. The van der Waals surface area contributed by atoms with Gasteiger partial charge in [-0.2, -0.15) is 0 Å². The second-order valence-corrected chi connectivity index (χ2v) is 4.00. The fourth-order valence-electron chi connectivity index (χ4n) is 1.34. The van der Waals surface area contributed by atoms with Gasteiger partial charge in [0, 0.05) is 13.6 Å². The maximum Gasteiger partial charge on any atom is 0.239 e. The van der Waals surface area contributed by atoms with Gasteiger partial charge in [-0.3, -0.25) is 4.79 Å². The molecule has 0 spiro atoms. The minimum Gasteiger partial charge on any atom is -0.344 e. The maximum absolute atomic E-state index is 11.6. The Morgan fingerprint density at radius 3 is 2.38 bits per heavy atom. The molecule has 1 atom stereocenters. The lowest BCUT2D eigenvalue weighted by Gasteiger charge is -2.21. The van der Waals surface area contributed by atoms with E-state index in [1.54, 1.807) is 4.90 Å². The summed E-state index contributed by atoms with van der Waals surface area (Å²) in [7, 11) is 1.81. The van der Waals surface area contributed by atoms with Crippen LogP contribution in [-0.4, -0.2) is 30.4 Å². The molecule has 0 rings (SSSR count). The van der Waals surface area contributed by atoms with Crippen molar-refractivity contribution in [1.82, 2.24) is 4.90 Å². The smallest absolute Gasteiger partial charge is 0.239 e. The summed E-state index contributed by atoms with van der Waals surface area (Å²) >= 11 is 0. The molecule has 0 aliphatic carbocycles. The summed E-state index contributed by atoms with van der Waals surface area (Å²) in [5, 5.41) is 0. The highest BCUT2D eigenvalue weighted by molar-refractivity contribution is 5.81. The Kier molecular flexibility index (Phi) is 5.71.